The Labute approximate surface area is 115 Å². The lowest BCUT2D eigenvalue weighted by Crippen LogP contribution is -2.41. The quantitative estimate of drug-likeness (QED) is 0.781. The molecule has 106 valence electrons. The summed E-state index contributed by atoms with van der Waals surface area (Å²) in [5.41, 5.74) is 0.403. The van der Waals surface area contributed by atoms with Crippen LogP contribution in [-0.2, 0) is 14.1 Å². The molecule has 0 aromatic carbocycles. The number of allylic oxidation sites excluding steroid dienone is 2. The molecule has 0 aromatic rings. The fraction of sp³-hybridized carbons (Fsp3) is 0.786. The van der Waals surface area contributed by atoms with Gasteiger partial charge in [-0.15, -0.1) is 0 Å². The third-order valence-electron chi connectivity index (χ3n) is 4.75. The van der Waals surface area contributed by atoms with Crippen LogP contribution in [0.1, 0.15) is 47.5 Å². The fourth-order valence-corrected chi connectivity index (χ4v) is 2.64. The molecule has 0 radical (unpaired) electrons. The van der Waals surface area contributed by atoms with Gasteiger partial charge < -0.3 is 14.4 Å². The van der Waals surface area contributed by atoms with Crippen LogP contribution in [0.3, 0.4) is 0 Å². The Morgan fingerprint density at radius 1 is 1.32 bits per heavy atom. The highest BCUT2D eigenvalue weighted by atomic mass is 16.7. The molecule has 0 amide bonds. The maximum absolute atomic E-state index is 11.1. The first kappa shape index (κ1) is 14.6. The van der Waals surface area contributed by atoms with Crippen LogP contribution in [0.5, 0.6) is 0 Å². The molecule has 2 atom stereocenters. The second-order valence-electron chi connectivity index (χ2n) is 6.73. The number of rotatable bonds is 2. The van der Waals surface area contributed by atoms with Crippen LogP contribution in [0.2, 0.25) is 0 Å². The summed E-state index contributed by atoms with van der Waals surface area (Å²) in [5.74, 6) is -0.876. The second kappa shape index (κ2) is 4.63. The molecule has 2 rings (SSSR count). The van der Waals surface area contributed by atoms with Gasteiger partial charge in [0.05, 0.1) is 17.1 Å². The zero-order valence-corrected chi connectivity index (χ0v) is 12.4. The third-order valence-corrected chi connectivity index (χ3v) is 4.75. The molecule has 0 unspecified atom stereocenters. The van der Waals surface area contributed by atoms with Gasteiger partial charge >= 0.3 is 13.1 Å². The molecule has 0 saturated carbocycles. The number of hydrogen-bond acceptors (Lipinski definition) is 3. The Hall–Kier alpha value is -0.805. The molecule has 1 fully saturated rings. The molecule has 0 bridgehead atoms. The van der Waals surface area contributed by atoms with Crippen molar-refractivity contribution in [3.63, 3.8) is 0 Å². The summed E-state index contributed by atoms with van der Waals surface area (Å²) < 4.78 is 12.0. The Morgan fingerprint density at radius 2 is 1.84 bits per heavy atom. The lowest BCUT2D eigenvalue weighted by Gasteiger charge is -2.32. The van der Waals surface area contributed by atoms with Crippen molar-refractivity contribution in [1.29, 1.82) is 0 Å². The van der Waals surface area contributed by atoms with E-state index >= 15 is 0 Å². The summed E-state index contributed by atoms with van der Waals surface area (Å²) >= 11 is 0. The average molecular weight is 266 g/mol. The van der Waals surface area contributed by atoms with E-state index in [-0.39, 0.29) is 30.2 Å². The third kappa shape index (κ3) is 2.58. The molecule has 1 saturated heterocycles. The highest BCUT2D eigenvalue weighted by Gasteiger charge is 2.52. The van der Waals surface area contributed by atoms with Crippen LogP contribution in [0.4, 0.5) is 0 Å². The first-order valence-electron chi connectivity index (χ1n) is 6.91. The standard InChI is InChI=1S/C14H23BO4/c1-9-8-10(6-7-11(9)12(16)17)15-18-13(2,3)14(4,5)19-15/h6,9,11H,7-8H2,1-5H3,(H,16,17)/t9-,11+/m1/s1. The predicted octanol–water partition coefficient (Wildman–Crippen LogP) is 2.67. The van der Waals surface area contributed by atoms with E-state index in [0.29, 0.717) is 6.42 Å². The Kier molecular flexibility index (Phi) is 3.56. The fourth-order valence-electron chi connectivity index (χ4n) is 2.64. The number of carboxylic acid groups (broad SMARTS) is 1. The zero-order valence-electron chi connectivity index (χ0n) is 12.4. The minimum Gasteiger partial charge on any atom is -0.481 e. The van der Waals surface area contributed by atoms with Crippen LogP contribution < -0.4 is 0 Å². The van der Waals surface area contributed by atoms with E-state index in [1.165, 1.54) is 0 Å². The van der Waals surface area contributed by atoms with E-state index in [1.807, 2.05) is 40.7 Å². The van der Waals surface area contributed by atoms with Crippen molar-refractivity contribution < 1.29 is 19.2 Å². The van der Waals surface area contributed by atoms with Crippen LogP contribution >= 0.6 is 0 Å². The highest BCUT2D eigenvalue weighted by molar-refractivity contribution is 6.54. The van der Waals surface area contributed by atoms with Crippen molar-refractivity contribution in [3.8, 4) is 0 Å². The number of hydrogen-bond donors (Lipinski definition) is 1. The SMILES string of the molecule is C[C@@H]1CC(B2OC(C)(C)C(C)(C)O2)=CC[C@@H]1C(=O)O. The van der Waals surface area contributed by atoms with Crippen LogP contribution in [0.25, 0.3) is 0 Å². The Morgan fingerprint density at radius 3 is 2.26 bits per heavy atom. The number of aliphatic carboxylic acids is 1. The number of carboxylic acids is 1. The van der Waals surface area contributed by atoms with Crippen LogP contribution in [0.15, 0.2) is 11.5 Å². The van der Waals surface area contributed by atoms with Crippen LogP contribution in [-0.4, -0.2) is 29.4 Å². The van der Waals surface area contributed by atoms with E-state index in [0.717, 1.165) is 11.9 Å². The topological polar surface area (TPSA) is 55.8 Å². The van der Waals surface area contributed by atoms with Crippen molar-refractivity contribution in [1.82, 2.24) is 0 Å². The molecule has 19 heavy (non-hydrogen) atoms. The van der Waals surface area contributed by atoms with Gasteiger partial charge in [0.2, 0.25) is 0 Å². The molecule has 0 aromatic heterocycles. The molecule has 0 spiro atoms. The zero-order chi connectivity index (χ0) is 14.4. The molecule has 1 aliphatic heterocycles. The van der Waals surface area contributed by atoms with Crippen molar-refractivity contribution in [2.75, 3.05) is 0 Å². The summed E-state index contributed by atoms with van der Waals surface area (Å²) in [6.45, 7) is 10.1. The summed E-state index contributed by atoms with van der Waals surface area (Å²) in [4.78, 5) is 11.1. The Bertz CT molecular complexity index is 398. The van der Waals surface area contributed by atoms with Gasteiger partial charge in [0.15, 0.2) is 0 Å². The van der Waals surface area contributed by atoms with Gasteiger partial charge in [0.1, 0.15) is 0 Å². The summed E-state index contributed by atoms with van der Waals surface area (Å²) in [5, 5.41) is 9.13. The van der Waals surface area contributed by atoms with E-state index in [2.05, 4.69) is 0 Å². The van der Waals surface area contributed by atoms with Crippen LogP contribution in [0, 0.1) is 11.8 Å². The van der Waals surface area contributed by atoms with E-state index in [9.17, 15) is 4.79 Å². The van der Waals surface area contributed by atoms with Gasteiger partial charge in [0, 0.05) is 0 Å². The van der Waals surface area contributed by atoms with Crippen molar-refractivity contribution >= 4 is 13.1 Å². The normalized spacial score (nSPS) is 33.1. The maximum Gasteiger partial charge on any atom is 0.490 e. The van der Waals surface area contributed by atoms with Gasteiger partial charge in [0.25, 0.3) is 0 Å². The lowest BCUT2D eigenvalue weighted by molar-refractivity contribution is -0.143. The Balaban J connectivity index is 2.12. The molecule has 2 aliphatic rings. The molecular weight excluding hydrogens is 243 g/mol. The maximum atomic E-state index is 11.1. The monoisotopic (exact) mass is 266 g/mol. The first-order chi connectivity index (χ1) is 8.64. The highest BCUT2D eigenvalue weighted by Crippen LogP contribution is 2.41. The van der Waals surface area contributed by atoms with Gasteiger partial charge in [-0.1, -0.05) is 13.0 Å². The summed E-state index contributed by atoms with van der Waals surface area (Å²) in [6.07, 6.45) is 3.28. The molecule has 4 nitrogen and oxygen atoms in total. The molecule has 1 heterocycles. The summed E-state index contributed by atoms with van der Waals surface area (Å²) in [6, 6.07) is 0. The van der Waals surface area contributed by atoms with Gasteiger partial charge in [-0.3, -0.25) is 4.79 Å². The first-order valence-corrected chi connectivity index (χ1v) is 6.91. The predicted molar refractivity (Wildman–Crippen MR) is 73.7 cm³/mol. The smallest absolute Gasteiger partial charge is 0.481 e. The second-order valence-corrected chi connectivity index (χ2v) is 6.73. The lowest BCUT2D eigenvalue weighted by atomic mass is 9.67. The van der Waals surface area contributed by atoms with E-state index < -0.39 is 5.97 Å². The molecular formula is C14H23BO4. The van der Waals surface area contributed by atoms with Crippen molar-refractivity contribution in [2.45, 2.75) is 58.7 Å². The van der Waals surface area contributed by atoms with Crippen molar-refractivity contribution in [3.05, 3.63) is 11.5 Å². The van der Waals surface area contributed by atoms with Gasteiger partial charge in [-0.2, -0.15) is 0 Å². The molecule has 1 N–H and O–H groups in total. The molecule has 1 aliphatic carbocycles. The minimum atomic E-state index is -0.711. The van der Waals surface area contributed by atoms with E-state index in [4.69, 9.17) is 14.4 Å². The summed E-state index contributed by atoms with van der Waals surface area (Å²) in [7, 11) is -0.331. The number of carbonyl (C=O) groups is 1. The largest absolute Gasteiger partial charge is 0.490 e. The van der Waals surface area contributed by atoms with Gasteiger partial charge in [-0.25, -0.2) is 0 Å². The van der Waals surface area contributed by atoms with E-state index in [1.54, 1.807) is 0 Å². The van der Waals surface area contributed by atoms with Crippen molar-refractivity contribution in [2.24, 2.45) is 11.8 Å². The van der Waals surface area contributed by atoms with Gasteiger partial charge in [-0.05, 0) is 51.9 Å². The molecule has 5 heteroatoms. The minimum absolute atomic E-state index is 0.122. The average Bonchev–Trinajstić information content (AvgIpc) is 2.47.